The van der Waals surface area contributed by atoms with Crippen molar-refractivity contribution in [2.45, 2.75) is 6.42 Å². The van der Waals surface area contributed by atoms with E-state index in [1.807, 2.05) is 12.1 Å². The van der Waals surface area contributed by atoms with Gasteiger partial charge in [-0.05, 0) is 29.7 Å². The first kappa shape index (κ1) is 29.8. The summed E-state index contributed by atoms with van der Waals surface area (Å²) in [6.07, 6.45) is 3.40. The van der Waals surface area contributed by atoms with Crippen LogP contribution in [0.1, 0.15) is 16.9 Å². The van der Waals surface area contributed by atoms with Gasteiger partial charge in [0.1, 0.15) is 4.92 Å². The summed E-state index contributed by atoms with van der Waals surface area (Å²) < 4.78 is 20.7. The van der Waals surface area contributed by atoms with E-state index in [2.05, 4.69) is 20.1 Å². The number of ether oxygens (including phenoxy) is 3. The van der Waals surface area contributed by atoms with Gasteiger partial charge in [-0.1, -0.05) is 4.98 Å². The van der Waals surface area contributed by atoms with Gasteiger partial charge in [0.15, 0.2) is 17.3 Å². The van der Waals surface area contributed by atoms with Gasteiger partial charge in [-0.3, -0.25) is 15.8 Å². The van der Waals surface area contributed by atoms with Crippen molar-refractivity contribution < 1.29 is 43.9 Å². The molecule has 208 valence electrons. The third kappa shape index (κ3) is 7.52. The number of hydrazone groups is 1. The number of urea groups is 1. The van der Waals surface area contributed by atoms with Crippen molar-refractivity contribution in [2.24, 2.45) is 10.1 Å². The Labute approximate surface area is 220 Å². The van der Waals surface area contributed by atoms with Crippen molar-refractivity contribution in [3.8, 4) is 17.2 Å². The number of rotatable bonds is 8. The molecule has 0 aliphatic carbocycles. The van der Waals surface area contributed by atoms with Crippen LogP contribution in [0.15, 0.2) is 45.0 Å². The summed E-state index contributed by atoms with van der Waals surface area (Å²) in [5.74, 6) is 1.50. The van der Waals surface area contributed by atoms with Gasteiger partial charge in [-0.15, -0.1) is 0 Å². The van der Waals surface area contributed by atoms with E-state index in [-0.39, 0.29) is 23.7 Å². The van der Waals surface area contributed by atoms with Crippen molar-refractivity contribution >= 4 is 35.8 Å². The highest BCUT2D eigenvalue weighted by Crippen LogP contribution is 2.38. The highest BCUT2D eigenvalue weighted by Gasteiger charge is 2.18. The molecule has 17 nitrogen and oxygen atoms in total. The van der Waals surface area contributed by atoms with Gasteiger partial charge in [-0.2, -0.15) is 5.10 Å². The van der Waals surface area contributed by atoms with Gasteiger partial charge in [0.25, 0.3) is 0 Å². The summed E-state index contributed by atoms with van der Waals surface area (Å²) in [6, 6.07) is 5.45. The van der Waals surface area contributed by atoms with Gasteiger partial charge >= 0.3 is 17.9 Å². The Bertz CT molecular complexity index is 1360. The number of nitrogens with zero attached hydrogens (tertiary/aromatic N) is 5. The number of benzene rings is 1. The standard InChI is InChI=1S/C14H18N4O3.C8H6N4O5.H2O/c1-19-10-5-8(6-11(20-2)12(10)21-3)4-9-7-17-14(16)18-13(9)15;13-6-4-11(8(14)10-6)9-3-5-1-2-7(17-5)12(15)16;/h5-7H,4H2,1-3H3,(H4,15,16,17,18);1-3H,4H2,(H,10,13,14);1H2/b;9-3+;. The SMILES string of the molecule is COc1cc(Cc2c[nH+]c(N)nc2N)cc(OC)c1OC.O.O=C1N=C([O-])CN1/N=C/c1ccc([N+](=O)[O-])o1. The second-order valence-electron chi connectivity index (χ2n) is 7.43. The molecule has 0 bridgehead atoms. The number of methoxy groups -OCH3 is 3. The molecule has 0 saturated heterocycles. The molecular weight excluding hydrogens is 520 g/mol. The predicted molar refractivity (Wildman–Crippen MR) is 135 cm³/mol. The fourth-order valence-electron chi connectivity index (χ4n) is 3.19. The Hall–Kier alpha value is -5.45. The minimum Gasteiger partial charge on any atom is -0.860 e. The van der Waals surface area contributed by atoms with Gasteiger partial charge < -0.3 is 34.9 Å². The van der Waals surface area contributed by atoms with Crippen molar-refractivity contribution in [2.75, 3.05) is 39.3 Å². The fourth-order valence-corrected chi connectivity index (χ4v) is 3.19. The van der Waals surface area contributed by atoms with Crippen LogP contribution in [0, 0.1) is 10.1 Å². The summed E-state index contributed by atoms with van der Waals surface area (Å²) in [5.41, 5.74) is 13.2. The van der Waals surface area contributed by atoms with Crippen LogP contribution < -0.4 is 35.8 Å². The number of anilines is 2. The number of hydrogen-bond donors (Lipinski definition) is 2. The maximum Gasteiger partial charge on any atom is 0.433 e. The third-order valence-electron chi connectivity index (χ3n) is 4.93. The van der Waals surface area contributed by atoms with Crippen LogP contribution in [-0.2, 0) is 6.42 Å². The van der Waals surface area contributed by atoms with Crippen LogP contribution in [0.25, 0.3) is 0 Å². The Morgan fingerprint density at radius 1 is 1.21 bits per heavy atom. The first-order chi connectivity index (χ1) is 18.1. The van der Waals surface area contributed by atoms with Crippen LogP contribution in [0.5, 0.6) is 17.2 Å². The molecule has 0 radical (unpaired) electrons. The lowest BCUT2D eigenvalue weighted by molar-refractivity contribution is -0.402. The molecule has 1 aliphatic heterocycles. The quantitative estimate of drug-likeness (QED) is 0.208. The number of nitrogens with two attached hydrogens (primary N) is 2. The summed E-state index contributed by atoms with van der Waals surface area (Å²) >= 11 is 0. The first-order valence-electron chi connectivity index (χ1n) is 10.7. The normalized spacial score (nSPS) is 12.3. The number of carbonyl (C=O) groups excluding carboxylic acids is 1. The van der Waals surface area contributed by atoms with Crippen molar-refractivity contribution in [3.63, 3.8) is 0 Å². The largest absolute Gasteiger partial charge is 0.860 e. The number of hydrogen-bond acceptors (Lipinski definition) is 12. The monoisotopic (exact) mass is 546 g/mol. The van der Waals surface area contributed by atoms with E-state index < -0.39 is 22.7 Å². The number of aromatic amines is 1. The average Bonchev–Trinajstić information content (AvgIpc) is 3.49. The molecule has 7 N–H and O–H groups in total. The second kappa shape index (κ2) is 13.2. The van der Waals surface area contributed by atoms with Crippen LogP contribution in [0.2, 0.25) is 0 Å². The van der Waals surface area contributed by atoms with Crippen molar-refractivity contribution in [1.82, 2.24) is 9.99 Å². The highest BCUT2D eigenvalue weighted by molar-refractivity contribution is 5.96. The fraction of sp³-hybridized carbons (Fsp3) is 0.227. The first-order valence-corrected chi connectivity index (χ1v) is 10.7. The highest BCUT2D eigenvalue weighted by atomic mass is 16.6. The zero-order chi connectivity index (χ0) is 27.8. The smallest absolute Gasteiger partial charge is 0.433 e. The third-order valence-corrected chi connectivity index (χ3v) is 4.93. The van der Waals surface area contributed by atoms with E-state index in [1.165, 1.54) is 6.07 Å². The number of carbonyl (C=O) groups is 1. The minimum atomic E-state index is -0.771. The van der Waals surface area contributed by atoms with Crippen LogP contribution in [0.3, 0.4) is 0 Å². The summed E-state index contributed by atoms with van der Waals surface area (Å²) in [7, 11) is 4.72. The van der Waals surface area contributed by atoms with E-state index in [0.717, 1.165) is 28.4 Å². The van der Waals surface area contributed by atoms with E-state index in [0.29, 0.717) is 29.5 Å². The van der Waals surface area contributed by atoms with Gasteiger partial charge in [0, 0.05) is 12.0 Å². The van der Waals surface area contributed by atoms with Gasteiger partial charge in [-0.25, -0.2) is 19.8 Å². The molecule has 0 atom stereocenters. The molecule has 0 spiro atoms. The molecule has 0 fully saturated rings. The Morgan fingerprint density at radius 3 is 2.36 bits per heavy atom. The molecular formula is C22H26N8O9. The number of aromatic nitrogens is 2. The molecule has 3 heterocycles. The van der Waals surface area contributed by atoms with Crippen molar-refractivity contribution in [1.29, 1.82) is 0 Å². The Balaban J connectivity index is 0.000000272. The predicted octanol–water partition coefficient (Wildman–Crippen LogP) is -0.432. The topological polar surface area (TPSA) is 263 Å². The van der Waals surface area contributed by atoms with Crippen LogP contribution >= 0.6 is 0 Å². The maximum absolute atomic E-state index is 11.0. The molecule has 39 heavy (non-hydrogen) atoms. The zero-order valence-electron chi connectivity index (χ0n) is 21.0. The summed E-state index contributed by atoms with van der Waals surface area (Å²) in [4.78, 5) is 30.6. The number of aliphatic imine (C=N–C) groups is 1. The maximum atomic E-state index is 11.0. The average molecular weight is 546 g/mol. The molecule has 0 saturated carbocycles. The number of nitrogens with one attached hydrogen (secondary N) is 1. The molecule has 0 unspecified atom stereocenters. The molecule has 2 amide bonds. The van der Waals surface area contributed by atoms with E-state index >= 15 is 0 Å². The molecule has 17 heteroatoms. The Morgan fingerprint density at radius 2 is 1.87 bits per heavy atom. The van der Waals surface area contributed by atoms with E-state index in [1.54, 1.807) is 27.5 Å². The molecule has 4 rings (SSSR count). The van der Waals surface area contributed by atoms with Gasteiger partial charge in [0.05, 0.1) is 46.4 Å². The summed E-state index contributed by atoms with van der Waals surface area (Å²) in [5, 5.41) is 25.5. The van der Waals surface area contributed by atoms with Crippen LogP contribution in [0.4, 0.5) is 22.4 Å². The van der Waals surface area contributed by atoms with Crippen LogP contribution in [-0.4, -0.2) is 66.4 Å². The van der Waals surface area contributed by atoms with E-state index in [9.17, 15) is 20.0 Å². The molecule has 2 aromatic heterocycles. The number of nitro groups is 1. The van der Waals surface area contributed by atoms with Crippen molar-refractivity contribution in [3.05, 3.63) is 57.5 Å². The molecule has 1 aliphatic rings. The number of furan rings is 1. The Kier molecular flexibility index (Phi) is 10.1. The van der Waals surface area contributed by atoms with Gasteiger partial charge in [0.2, 0.25) is 11.6 Å². The second-order valence-corrected chi connectivity index (χ2v) is 7.43. The molecule has 1 aromatic carbocycles. The summed E-state index contributed by atoms with van der Waals surface area (Å²) in [6.45, 7) is -0.238. The minimum absolute atomic E-state index is 0. The van der Waals surface area contributed by atoms with E-state index in [4.69, 9.17) is 30.1 Å². The lowest BCUT2D eigenvalue weighted by atomic mass is 10.1. The molecule has 3 aromatic rings. The lowest BCUT2D eigenvalue weighted by Crippen LogP contribution is -2.26. The number of amides is 2. The number of H-pyrrole nitrogens is 1. The zero-order valence-corrected chi connectivity index (χ0v) is 21.0. The number of nitrogen functional groups attached to an aromatic ring is 2. The lowest BCUT2D eigenvalue weighted by Gasteiger charge is -2.14.